The van der Waals surface area contributed by atoms with Gasteiger partial charge < -0.3 is 9.84 Å². The molecule has 1 aliphatic rings. The molecule has 5 heteroatoms. The van der Waals surface area contributed by atoms with Crippen LogP contribution in [0.4, 0.5) is 4.79 Å². The number of rotatable bonds is 4. The fourth-order valence-corrected chi connectivity index (χ4v) is 3.44. The lowest BCUT2D eigenvalue weighted by molar-refractivity contribution is -0.143. The molecule has 2 aromatic carbocycles. The van der Waals surface area contributed by atoms with Gasteiger partial charge in [-0.2, -0.15) is 0 Å². The molecule has 0 heterocycles. The number of methoxy groups -OCH3 is 1. The normalized spacial score (nSPS) is 13.8. The highest BCUT2D eigenvalue weighted by Gasteiger charge is 2.41. The first kappa shape index (κ1) is 16.1. The van der Waals surface area contributed by atoms with Crippen LogP contribution in [0.3, 0.4) is 0 Å². The third-order valence-electron chi connectivity index (χ3n) is 4.47. The minimum atomic E-state index is -1.04. The molecule has 0 fully saturated rings. The summed E-state index contributed by atoms with van der Waals surface area (Å²) in [6.07, 6.45) is -0.341. The van der Waals surface area contributed by atoms with Gasteiger partial charge in [0.25, 0.3) is 0 Å². The Balaban J connectivity index is 2.21. The van der Waals surface area contributed by atoms with Gasteiger partial charge in [0, 0.05) is 0 Å². The lowest BCUT2D eigenvalue weighted by Crippen LogP contribution is -2.46. The molecule has 0 bridgehead atoms. The first-order chi connectivity index (χ1) is 11.6. The van der Waals surface area contributed by atoms with E-state index in [4.69, 9.17) is 4.74 Å². The van der Waals surface area contributed by atoms with Gasteiger partial charge in [0.2, 0.25) is 0 Å². The number of carbonyl (C=O) groups is 2. The number of carbonyl (C=O) groups excluding carboxylic acids is 1. The van der Waals surface area contributed by atoms with E-state index in [0.29, 0.717) is 6.42 Å². The van der Waals surface area contributed by atoms with E-state index in [-0.39, 0.29) is 0 Å². The van der Waals surface area contributed by atoms with Gasteiger partial charge >= 0.3 is 12.1 Å². The molecule has 24 heavy (non-hydrogen) atoms. The van der Waals surface area contributed by atoms with Crippen molar-refractivity contribution in [3.05, 3.63) is 59.7 Å². The third kappa shape index (κ3) is 2.42. The molecule has 2 aromatic rings. The number of ether oxygens (including phenoxy) is 1. The summed E-state index contributed by atoms with van der Waals surface area (Å²) in [5, 5.41) is 9.59. The van der Waals surface area contributed by atoms with Crippen LogP contribution in [0, 0.1) is 0 Å². The Labute approximate surface area is 140 Å². The Kier molecular flexibility index (Phi) is 4.25. The van der Waals surface area contributed by atoms with Crippen molar-refractivity contribution in [3.8, 4) is 11.1 Å². The quantitative estimate of drug-likeness (QED) is 0.931. The molecule has 1 aliphatic carbocycles. The highest BCUT2D eigenvalue weighted by Crippen LogP contribution is 2.47. The second kappa shape index (κ2) is 6.35. The summed E-state index contributed by atoms with van der Waals surface area (Å²) in [6.45, 7) is 1.75. The zero-order chi connectivity index (χ0) is 17.3. The zero-order valence-electron chi connectivity index (χ0n) is 13.6. The second-order valence-electron chi connectivity index (χ2n) is 5.72. The van der Waals surface area contributed by atoms with E-state index in [9.17, 15) is 14.7 Å². The number of nitrogens with zero attached hydrogens (tertiary/aromatic N) is 1. The predicted molar refractivity (Wildman–Crippen MR) is 89.7 cm³/mol. The van der Waals surface area contributed by atoms with Gasteiger partial charge in [-0.25, -0.2) is 9.59 Å². The monoisotopic (exact) mass is 325 g/mol. The summed E-state index contributed by atoms with van der Waals surface area (Å²) in [7, 11) is 1.27. The maximum atomic E-state index is 12.5. The summed E-state index contributed by atoms with van der Waals surface area (Å²) in [6, 6.07) is 14.1. The van der Waals surface area contributed by atoms with Crippen molar-refractivity contribution in [3.63, 3.8) is 0 Å². The van der Waals surface area contributed by atoms with Crippen LogP contribution >= 0.6 is 0 Å². The minimum absolute atomic E-state index is 0.297. The SMILES string of the molecule is CCC(C(=O)O)N(C(=O)OC)C1c2ccccc2-c2ccccc21. The molecule has 5 nitrogen and oxygen atoms in total. The second-order valence-corrected chi connectivity index (χ2v) is 5.72. The van der Waals surface area contributed by atoms with Gasteiger partial charge in [0.15, 0.2) is 0 Å². The average Bonchev–Trinajstić information content (AvgIpc) is 2.93. The summed E-state index contributed by atoms with van der Waals surface area (Å²) >= 11 is 0. The lowest BCUT2D eigenvalue weighted by Gasteiger charge is -2.33. The molecular formula is C19H19NO4. The number of hydrogen-bond acceptors (Lipinski definition) is 3. The van der Waals surface area contributed by atoms with Crippen LogP contribution < -0.4 is 0 Å². The van der Waals surface area contributed by atoms with Crippen LogP contribution in [0.5, 0.6) is 0 Å². The molecule has 1 unspecified atom stereocenters. The number of hydrogen-bond donors (Lipinski definition) is 1. The maximum Gasteiger partial charge on any atom is 0.411 e. The van der Waals surface area contributed by atoms with Crippen molar-refractivity contribution >= 4 is 12.1 Å². The Morgan fingerprint density at radius 3 is 2.00 bits per heavy atom. The van der Waals surface area contributed by atoms with Crippen molar-refractivity contribution in [2.24, 2.45) is 0 Å². The predicted octanol–water partition coefficient (Wildman–Crippen LogP) is 3.69. The molecule has 0 saturated carbocycles. The van der Waals surface area contributed by atoms with E-state index in [1.165, 1.54) is 12.0 Å². The van der Waals surface area contributed by atoms with Crippen LogP contribution in [-0.2, 0) is 9.53 Å². The fourth-order valence-electron chi connectivity index (χ4n) is 3.44. The van der Waals surface area contributed by atoms with Crippen molar-refractivity contribution in [1.82, 2.24) is 4.90 Å². The van der Waals surface area contributed by atoms with Crippen LogP contribution in [0.15, 0.2) is 48.5 Å². The standard InChI is InChI=1S/C19H19NO4/c1-3-16(18(21)22)20(19(23)24-2)17-14-10-6-4-8-12(14)13-9-5-7-11-15(13)17/h4-11,16-17H,3H2,1-2H3,(H,21,22). The Morgan fingerprint density at radius 2 is 1.58 bits per heavy atom. The van der Waals surface area contributed by atoms with Crippen LogP contribution in [0.25, 0.3) is 11.1 Å². The number of aliphatic carboxylic acids is 1. The van der Waals surface area contributed by atoms with Crippen molar-refractivity contribution < 1.29 is 19.4 Å². The number of fused-ring (bicyclic) bond motifs is 3. The summed E-state index contributed by atoms with van der Waals surface area (Å²) in [5.74, 6) is -1.04. The summed E-state index contributed by atoms with van der Waals surface area (Å²) in [5.41, 5.74) is 3.88. The van der Waals surface area contributed by atoms with E-state index in [1.807, 2.05) is 48.5 Å². The van der Waals surface area contributed by atoms with E-state index in [0.717, 1.165) is 22.3 Å². The molecule has 1 amide bonds. The van der Waals surface area contributed by atoms with E-state index in [2.05, 4.69) is 0 Å². The van der Waals surface area contributed by atoms with E-state index < -0.39 is 24.1 Å². The summed E-state index contributed by atoms with van der Waals surface area (Å²) in [4.78, 5) is 25.5. The molecule has 3 rings (SSSR count). The molecule has 0 aliphatic heterocycles. The van der Waals surface area contributed by atoms with Crippen LogP contribution in [0.1, 0.15) is 30.5 Å². The Hall–Kier alpha value is -2.82. The van der Waals surface area contributed by atoms with E-state index in [1.54, 1.807) is 6.92 Å². The first-order valence-electron chi connectivity index (χ1n) is 7.87. The molecule has 1 N–H and O–H groups in total. The first-order valence-corrected chi connectivity index (χ1v) is 7.87. The van der Waals surface area contributed by atoms with Gasteiger partial charge in [-0.05, 0) is 28.7 Å². The molecule has 0 radical (unpaired) electrons. The zero-order valence-corrected chi connectivity index (χ0v) is 13.6. The Morgan fingerprint density at radius 1 is 1.08 bits per heavy atom. The van der Waals surface area contributed by atoms with Gasteiger partial charge in [0.1, 0.15) is 6.04 Å². The summed E-state index contributed by atoms with van der Waals surface area (Å²) < 4.78 is 4.91. The van der Waals surface area contributed by atoms with Gasteiger partial charge in [0.05, 0.1) is 13.2 Å². The molecule has 124 valence electrons. The van der Waals surface area contributed by atoms with Gasteiger partial charge in [-0.15, -0.1) is 0 Å². The lowest BCUT2D eigenvalue weighted by atomic mass is 10.0. The highest BCUT2D eigenvalue weighted by molar-refractivity contribution is 5.85. The minimum Gasteiger partial charge on any atom is -0.480 e. The number of carboxylic acid groups (broad SMARTS) is 1. The topological polar surface area (TPSA) is 66.8 Å². The molecule has 0 spiro atoms. The Bertz CT molecular complexity index is 741. The van der Waals surface area contributed by atoms with Gasteiger partial charge in [-0.1, -0.05) is 55.5 Å². The van der Waals surface area contributed by atoms with Crippen molar-refractivity contribution in [2.75, 3.05) is 7.11 Å². The third-order valence-corrected chi connectivity index (χ3v) is 4.47. The molecule has 0 saturated heterocycles. The molecule has 1 atom stereocenters. The van der Waals surface area contributed by atoms with Crippen LogP contribution in [0.2, 0.25) is 0 Å². The van der Waals surface area contributed by atoms with Gasteiger partial charge in [-0.3, -0.25) is 4.90 Å². The number of carboxylic acids is 1. The maximum absolute atomic E-state index is 12.5. The number of benzene rings is 2. The van der Waals surface area contributed by atoms with Crippen molar-refractivity contribution in [1.29, 1.82) is 0 Å². The van der Waals surface area contributed by atoms with Crippen molar-refractivity contribution in [2.45, 2.75) is 25.4 Å². The smallest absolute Gasteiger partial charge is 0.411 e. The molecule has 0 aromatic heterocycles. The molecular weight excluding hydrogens is 306 g/mol. The number of amides is 1. The fraction of sp³-hybridized carbons (Fsp3) is 0.263. The highest BCUT2D eigenvalue weighted by atomic mass is 16.5. The largest absolute Gasteiger partial charge is 0.480 e. The van der Waals surface area contributed by atoms with E-state index >= 15 is 0 Å². The van der Waals surface area contributed by atoms with Crippen LogP contribution in [-0.4, -0.2) is 35.2 Å². The average molecular weight is 325 g/mol.